The molecule has 8 heteroatoms. The van der Waals surface area contributed by atoms with Crippen LogP contribution in [0.2, 0.25) is 0 Å². The Labute approximate surface area is 151 Å². The molecule has 0 bridgehead atoms. The van der Waals surface area contributed by atoms with E-state index >= 15 is 0 Å². The van der Waals surface area contributed by atoms with Crippen LogP contribution in [0.25, 0.3) is 0 Å². The summed E-state index contributed by atoms with van der Waals surface area (Å²) in [4.78, 5) is 12.4. The molecule has 2 heterocycles. The average Bonchev–Trinajstić information content (AvgIpc) is 3.24. The van der Waals surface area contributed by atoms with Gasteiger partial charge in [-0.15, -0.1) is 10.2 Å². The van der Waals surface area contributed by atoms with Crippen molar-refractivity contribution < 1.29 is 4.79 Å². The molecular weight excluding hydrogens is 330 g/mol. The van der Waals surface area contributed by atoms with Gasteiger partial charge >= 0.3 is 0 Å². The summed E-state index contributed by atoms with van der Waals surface area (Å²) in [6.07, 6.45) is 2.54. The van der Waals surface area contributed by atoms with E-state index in [-0.39, 0.29) is 12.5 Å². The first-order valence-electron chi connectivity index (χ1n) is 8.51. The van der Waals surface area contributed by atoms with Crippen LogP contribution < -0.4 is 11.1 Å². The van der Waals surface area contributed by atoms with Gasteiger partial charge in [0.2, 0.25) is 5.91 Å². The van der Waals surface area contributed by atoms with E-state index in [4.69, 9.17) is 5.73 Å². The molecule has 3 aromatic rings. The van der Waals surface area contributed by atoms with E-state index in [1.807, 2.05) is 36.6 Å². The predicted octanol–water partition coefficient (Wildman–Crippen LogP) is 1.18. The minimum absolute atomic E-state index is 0.268. The largest absolute Gasteiger partial charge is 0.347 e. The van der Waals surface area contributed by atoms with Gasteiger partial charge in [-0.1, -0.05) is 30.3 Å². The van der Waals surface area contributed by atoms with Gasteiger partial charge in [0.25, 0.3) is 0 Å². The number of aryl methyl sites for hydroxylation is 4. The van der Waals surface area contributed by atoms with Crippen LogP contribution in [0.4, 0.5) is 0 Å². The van der Waals surface area contributed by atoms with Crippen LogP contribution in [0.3, 0.4) is 0 Å². The standard InChI is InChI=1S/C18H23N7O/c1-12-16(13(2)23-22-12)17(19)18(26)20-10-15-24-21-11-25(15)9-8-14-6-4-3-5-7-14/h3-7,11,17H,8-10,19H2,1-2H3,(H,20,26)(H,22,23)/t17-/m1/s1. The van der Waals surface area contributed by atoms with E-state index in [1.54, 1.807) is 6.33 Å². The molecule has 0 radical (unpaired) electrons. The lowest BCUT2D eigenvalue weighted by molar-refractivity contribution is -0.122. The molecule has 0 aliphatic heterocycles. The third-order valence-electron chi connectivity index (χ3n) is 4.38. The number of hydrogen-bond acceptors (Lipinski definition) is 5. The Bertz CT molecular complexity index is 849. The Balaban J connectivity index is 1.58. The van der Waals surface area contributed by atoms with Crippen molar-refractivity contribution in [1.29, 1.82) is 0 Å². The molecule has 0 unspecified atom stereocenters. The van der Waals surface area contributed by atoms with Crippen molar-refractivity contribution in [3.63, 3.8) is 0 Å². The number of carbonyl (C=O) groups is 1. The van der Waals surface area contributed by atoms with E-state index in [1.165, 1.54) is 5.56 Å². The maximum absolute atomic E-state index is 12.4. The molecule has 26 heavy (non-hydrogen) atoms. The highest BCUT2D eigenvalue weighted by molar-refractivity contribution is 5.83. The van der Waals surface area contributed by atoms with Crippen molar-refractivity contribution in [2.45, 2.75) is 39.4 Å². The number of carbonyl (C=O) groups excluding carboxylic acids is 1. The van der Waals surface area contributed by atoms with Crippen molar-refractivity contribution in [2.75, 3.05) is 0 Å². The van der Waals surface area contributed by atoms with E-state index in [0.29, 0.717) is 5.82 Å². The molecule has 0 aliphatic rings. The minimum atomic E-state index is -0.769. The fraction of sp³-hybridized carbons (Fsp3) is 0.333. The van der Waals surface area contributed by atoms with Gasteiger partial charge in [0.05, 0.1) is 12.2 Å². The summed E-state index contributed by atoms with van der Waals surface area (Å²) in [5.74, 6) is 0.428. The van der Waals surface area contributed by atoms with Gasteiger partial charge in [-0.25, -0.2) is 0 Å². The molecule has 0 fully saturated rings. The van der Waals surface area contributed by atoms with Gasteiger partial charge in [-0.2, -0.15) is 5.10 Å². The number of rotatable bonds is 7. The van der Waals surface area contributed by atoms with Crippen molar-refractivity contribution >= 4 is 5.91 Å². The Morgan fingerprint density at radius 3 is 2.77 bits per heavy atom. The molecule has 0 aliphatic carbocycles. The zero-order valence-electron chi connectivity index (χ0n) is 14.9. The molecule has 1 amide bonds. The Morgan fingerprint density at radius 1 is 1.31 bits per heavy atom. The third-order valence-corrected chi connectivity index (χ3v) is 4.38. The zero-order chi connectivity index (χ0) is 18.5. The number of hydrogen-bond donors (Lipinski definition) is 3. The zero-order valence-corrected chi connectivity index (χ0v) is 14.9. The highest BCUT2D eigenvalue weighted by atomic mass is 16.2. The fourth-order valence-corrected chi connectivity index (χ4v) is 2.92. The Kier molecular flexibility index (Phi) is 5.43. The van der Waals surface area contributed by atoms with Crippen LogP contribution >= 0.6 is 0 Å². The SMILES string of the molecule is Cc1n[nH]c(C)c1[C@@H](N)C(=O)NCc1nncn1CCc1ccccc1. The molecule has 4 N–H and O–H groups in total. The molecule has 8 nitrogen and oxygen atoms in total. The number of aromatic nitrogens is 5. The number of nitrogens with one attached hydrogen (secondary N) is 2. The second-order valence-corrected chi connectivity index (χ2v) is 6.22. The van der Waals surface area contributed by atoms with E-state index in [9.17, 15) is 4.79 Å². The second kappa shape index (κ2) is 7.92. The number of H-pyrrole nitrogens is 1. The maximum atomic E-state index is 12.4. The van der Waals surface area contributed by atoms with Crippen LogP contribution in [0.1, 0.15) is 34.4 Å². The summed E-state index contributed by atoms with van der Waals surface area (Å²) < 4.78 is 1.94. The first-order chi connectivity index (χ1) is 12.6. The Hall–Kier alpha value is -3.00. The van der Waals surface area contributed by atoms with Gasteiger partial charge in [0.1, 0.15) is 12.4 Å². The summed E-state index contributed by atoms with van der Waals surface area (Å²) in [5.41, 5.74) is 9.59. The lowest BCUT2D eigenvalue weighted by atomic mass is 10.1. The molecule has 1 aromatic carbocycles. The molecule has 3 rings (SSSR count). The summed E-state index contributed by atoms with van der Waals surface area (Å²) in [6, 6.07) is 9.43. The lowest BCUT2D eigenvalue weighted by Crippen LogP contribution is -2.35. The Morgan fingerprint density at radius 2 is 2.08 bits per heavy atom. The summed E-state index contributed by atoms with van der Waals surface area (Å²) in [5, 5.41) is 17.8. The van der Waals surface area contributed by atoms with Crippen LogP contribution in [0.15, 0.2) is 36.7 Å². The maximum Gasteiger partial charge on any atom is 0.242 e. The molecule has 136 valence electrons. The second-order valence-electron chi connectivity index (χ2n) is 6.22. The highest BCUT2D eigenvalue weighted by Gasteiger charge is 2.22. The molecule has 1 atom stereocenters. The summed E-state index contributed by atoms with van der Waals surface area (Å²) >= 11 is 0. The quantitative estimate of drug-likeness (QED) is 0.590. The van der Waals surface area contributed by atoms with Gasteiger partial charge < -0.3 is 15.6 Å². The van der Waals surface area contributed by atoms with E-state index in [0.717, 1.165) is 29.9 Å². The summed E-state index contributed by atoms with van der Waals surface area (Å²) in [7, 11) is 0. The highest BCUT2D eigenvalue weighted by Crippen LogP contribution is 2.17. The topological polar surface area (TPSA) is 115 Å². The van der Waals surface area contributed by atoms with E-state index in [2.05, 4.69) is 37.8 Å². The van der Waals surface area contributed by atoms with Crippen molar-refractivity contribution in [3.05, 3.63) is 65.0 Å². The normalized spacial score (nSPS) is 12.1. The first kappa shape index (κ1) is 17.8. The van der Waals surface area contributed by atoms with Gasteiger partial charge in [0.15, 0.2) is 5.82 Å². The molecule has 2 aromatic heterocycles. The average molecular weight is 353 g/mol. The third kappa shape index (κ3) is 3.97. The van der Waals surface area contributed by atoms with Gasteiger partial charge in [-0.05, 0) is 25.8 Å². The molecule has 0 spiro atoms. The molecular formula is C18H23N7O. The van der Waals surface area contributed by atoms with Crippen LogP contribution in [-0.2, 0) is 24.3 Å². The van der Waals surface area contributed by atoms with Crippen molar-refractivity contribution in [2.24, 2.45) is 5.73 Å². The van der Waals surface area contributed by atoms with Crippen LogP contribution in [-0.4, -0.2) is 30.9 Å². The minimum Gasteiger partial charge on any atom is -0.347 e. The van der Waals surface area contributed by atoms with E-state index < -0.39 is 6.04 Å². The predicted molar refractivity (Wildman–Crippen MR) is 97.0 cm³/mol. The summed E-state index contributed by atoms with van der Waals surface area (Å²) in [6.45, 7) is 4.69. The smallest absolute Gasteiger partial charge is 0.242 e. The van der Waals surface area contributed by atoms with Crippen LogP contribution in [0.5, 0.6) is 0 Å². The monoisotopic (exact) mass is 353 g/mol. The lowest BCUT2D eigenvalue weighted by Gasteiger charge is -2.13. The van der Waals surface area contributed by atoms with Gasteiger partial charge in [0, 0.05) is 17.8 Å². The number of benzene rings is 1. The molecule has 0 saturated carbocycles. The number of nitrogens with zero attached hydrogens (tertiary/aromatic N) is 4. The van der Waals surface area contributed by atoms with Crippen LogP contribution in [0, 0.1) is 13.8 Å². The number of nitrogens with two attached hydrogens (primary N) is 1. The molecule has 0 saturated heterocycles. The fourth-order valence-electron chi connectivity index (χ4n) is 2.92. The number of aromatic amines is 1. The van der Waals surface area contributed by atoms with Crippen molar-refractivity contribution in [1.82, 2.24) is 30.3 Å². The number of amides is 1. The van der Waals surface area contributed by atoms with Gasteiger partial charge in [-0.3, -0.25) is 9.89 Å². The first-order valence-corrected chi connectivity index (χ1v) is 8.51. The van der Waals surface area contributed by atoms with Crippen molar-refractivity contribution in [3.8, 4) is 0 Å².